The van der Waals surface area contributed by atoms with Gasteiger partial charge in [-0.2, -0.15) is 0 Å². The van der Waals surface area contributed by atoms with Gasteiger partial charge in [-0.15, -0.1) is 23.5 Å². The number of anilines is 3. The highest BCUT2D eigenvalue weighted by Crippen LogP contribution is 2.44. The summed E-state index contributed by atoms with van der Waals surface area (Å²) in [4.78, 5) is 41.8. The molecule has 2 N–H and O–H groups in total. The summed E-state index contributed by atoms with van der Waals surface area (Å²) >= 11 is 3.11. The largest absolute Gasteiger partial charge is 0.326 e. The van der Waals surface area contributed by atoms with Crippen LogP contribution in [-0.2, 0) is 4.79 Å². The third kappa shape index (κ3) is 6.27. The zero-order chi connectivity index (χ0) is 30.6. The Morgan fingerprint density at radius 1 is 0.909 bits per heavy atom. The Morgan fingerprint density at radius 2 is 1.68 bits per heavy atom. The molecular formula is C34H28N4O4S2. The Labute approximate surface area is 263 Å². The molecule has 0 saturated heterocycles. The number of benzene rings is 4. The molecule has 1 aliphatic heterocycles. The molecule has 10 heteroatoms. The lowest BCUT2D eigenvalue weighted by molar-refractivity contribution is -0.384. The number of allylic oxidation sites excluding steroid dienone is 2. The fourth-order valence-electron chi connectivity index (χ4n) is 5.19. The number of rotatable bonds is 7. The maximum Gasteiger partial charge on any atom is 0.326 e. The van der Waals surface area contributed by atoms with E-state index in [0.29, 0.717) is 16.9 Å². The first kappa shape index (κ1) is 29.3. The lowest BCUT2D eigenvalue weighted by Gasteiger charge is -2.40. The standard InChI is InChI=1S/C34H28N4O4S2/c1-22-20-25(38(41)42)18-19-27(22)36-33(39)32(23-10-3-2-4-11-23)43-26-13-9-12-24(21-26)35-34(40)37-28-14-5-7-16-30(28)44-31-17-8-6-15-29(31)37/h2-21,28,30,32H,1H3,(H,35,40)(H,36,39). The molecule has 0 spiro atoms. The summed E-state index contributed by atoms with van der Waals surface area (Å²) in [5.74, 6) is -0.266. The van der Waals surface area contributed by atoms with Gasteiger partial charge < -0.3 is 10.6 Å². The van der Waals surface area contributed by atoms with Gasteiger partial charge in [0.2, 0.25) is 5.91 Å². The molecule has 3 amide bonds. The topological polar surface area (TPSA) is 105 Å². The SMILES string of the molecule is Cc1cc([N+](=O)[O-])ccc1NC(=O)C(Sc1cccc(NC(=O)N2c3ccccc3SC3C=CC=CC32)c1)c1ccccc1. The highest BCUT2D eigenvalue weighted by molar-refractivity contribution is 8.00. The average molecular weight is 621 g/mol. The van der Waals surface area contributed by atoms with Crippen LogP contribution < -0.4 is 15.5 Å². The minimum absolute atomic E-state index is 0.0355. The molecule has 2 aliphatic rings. The van der Waals surface area contributed by atoms with Gasteiger partial charge in [0, 0.05) is 33.3 Å². The molecule has 0 saturated carbocycles. The lowest BCUT2D eigenvalue weighted by Crippen LogP contribution is -2.49. The van der Waals surface area contributed by atoms with E-state index < -0.39 is 10.2 Å². The molecule has 3 atom stereocenters. The van der Waals surface area contributed by atoms with Crippen molar-refractivity contribution in [1.29, 1.82) is 0 Å². The van der Waals surface area contributed by atoms with Crippen molar-refractivity contribution >= 4 is 58.2 Å². The number of hydrogen-bond acceptors (Lipinski definition) is 6. The van der Waals surface area contributed by atoms with E-state index in [-0.39, 0.29) is 28.9 Å². The quantitative estimate of drug-likeness (QED) is 0.122. The maximum absolute atomic E-state index is 13.8. The Hall–Kier alpha value is -4.80. The number of hydrogen-bond donors (Lipinski definition) is 2. The number of nitrogens with zero attached hydrogens (tertiary/aromatic N) is 2. The van der Waals surface area contributed by atoms with Crippen molar-refractivity contribution in [3.05, 3.63) is 143 Å². The van der Waals surface area contributed by atoms with Crippen molar-refractivity contribution in [3.8, 4) is 0 Å². The molecule has 44 heavy (non-hydrogen) atoms. The molecule has 8 nitrogen and oxygen atoms in total. The highest BCUT2D eigenvalue weighted by atomic mass is 32.2. The van der Waals surface area contributed by atoms with Gasteiger partial charge in [0.1, 0.15) is 5.25 Å². The van der Waals surface area contributed by atoms with Gasteiger partial charge in [0.15, 0.2) is 0 Å². The van der Waals surface area contributed by atoms with E-state index in [4.69, 9.17) is 0 Å². The van der Waals surface area contributed by atoms with Gasteiger partial charge in [-0.1, -0.05) is 72.8 Å². The van der Waals surface area contributed by atoms with Gasteiger partial charge in [-0.25, -0.2) is 4.79 Å². The monoisotopic (exact) mass is 620 g/mol. The van der Waals surface area contributed by atoms with Crippen LogP contribution >= 0.6 is 23.5 Å². The Bertz CT molecular complexity index is 1790. The third-order valence-corrected chi connectivity index (χ3v) is 9.88. The number of aryl methyl sites for hydroxylation is 1. The molecule has 1 aliphatic carbocycles. The minimum atomic E-state index is -0.623. The average Bonchev–Trinajstić information content (AvgIpc) is 3.03. The van der Waals surface area contributed by atoms with E-state index in [0.717, 1.165) is 21.0 Å². The van der Waals surface area contributed by atoms with Gasteiger partial charge in [0.05, 0.1) is 21.9 Å². The van der Waals surface area contributed by atoms with Gasteiger partial charge in [-0.05, 0) is 54.4 Å². The molecule has 4 aromatic carbocycles. The van der Waals surface area contributed by atoms with Crippen molar-refractivity contribution in [1.82, 2.24) is 0 Å². The number of nitro groups is 1. The van der Waals surface area contributed by atoms with Gasteiger partial charge in [-0.3, -0.25) is 19.8 Å². The second-order valence-electron chi connectivity index (χ2n) is 10.3. The van der Waals surface area contributed by atoms with E-state index >= 15 is 0 Å². The number of non-ortho nitro benzene ring substituents is 1. The predicted octanol–water partition coefficient (Wildman–Crippen LogP) is 8.38. The third-order valence-electron chi connectivity index (χ3n) is 7.32. The van der Waals surface area contributed by atoms with E-state index in [1.54, 1.807) is 24.8 Å². The number of carbonyl (C=O) groups excluding carboxylic acids is 2. The summed E-state index contributed by atoms with van der Waals surface area (Å²) in [5.41, 5.74) is 3.34. The van der Waals surface area contributed by atoms with Crippen LogP contribution in [0.2, 0.25) is 0 Å². The van der Waals surface area contributed by atoms with E-state index in [1.165, 1.54) is 23.9 Å². The van der Waals surface area contributed by atoms with Crippen LogP contribution in [0.5, 0.6) is 0 Å². The van der Waals surface area contributed by atoms with Crippen molar-refractivity contribution in [3.63, 3.8) is 0 Å². The number of fused-ring (bicyclic) bond motifs is 2. The van der Waals surface area contributed by atoms with E-state index in [9.17, 15) is 19.7 Å². The van der Waals surface area contributed by atoms with Crippen molar-refractivity contribution < 1.29 is 14.5 Å². The van der Waals surface area contributed by atoms with Crippen molar-refractivity contribution in [2.24, 2.45) is 0 Å². The van der Waals surface area contributed by atoms with Crippen LogP contribution in [0, 0.1) is 17.0 Å². The van der Waals surface area contributed by atoms with Crippen LogP contribution in [0.3, 0.4) is 0 Å². The molecule has 6 rings (SSSR count). The molecule has 4 aromatic rings. The highest BCUT2D eigenvalue weighted by Gasteiger charge is 2.36. The molecule has 0 radical (unpaired) electrons. The van der Waals surface area contributed by atoms with Crippen LogP contribution in [0.1, 0.15) is 16.4 Å². The number of urea groups is 1. The maximum atomic E-state index is 13.8. The Kier molecular flexibility index (Phi) is 8.53. The van der Waals surface area contributed by atoms with Crippen LogP contribution in [0.4, 0.5) is 27.5 Å². The lowest BCUT2D eigenvalue weighted by atomic mass is 10.1. The fraction of sp³-hybridized carbons (Fsp3) is 0.118. The summed E-state index contributed by atoms with van der Waals surface area (Å²) < 4.78 is 0. The Balaban J connectivity index is 1.23. The number of thioether (sulfide) groups is 2. The number of para-hydroxylation sites is 1. The molecule has 0 fully saturated rings. The Morgan fingerprint density at radius 3 is 2.48 bits per heavy atom. The smallest absolute Gasteiger partial charge is 0.325 e. The first-order valence-corrected chi connectivity index (χ1v) is 15.7. The predicted molar refractivity (Wildman–Crippen MR) is 178 cm³/mol. The van der Waals surface area contributed by atoms with Crippen molar-refractivity contribution in [2.75, 3.05) is 15.5 Å². The van der Waals surface area contributed by atoms with Crippen LogP contribution in [0.25, 0.3) is 0 Å². The molecule has 220 valence electrons. The summed E-state index contributed by atoms with van der Waals surface area (Å²) in [5, 5.41) is 16.7. The zero-order valence-electron chi connectivity index (χ0n) is 23.6. The number of nitrogens with one attached hydrogen (secondary N) is 2. The van der Waals surface area contributed by atoms with Crippen molar-refractivity contribution in [2.45, 2.75) is 33.3 Å². The summed E-state index contributed by atoms with van der Waals surface area (Å²) in [6, 6.07) is 28.8. The summed E-state index contributed by atoms with van der Waals surface area (Å²) in [7, 11) is 0. The molecular weight excluding hydrogens is 593 g/mol. The molecule has 1 heterocycles. The number of carbonyl (C=O) groups is 2. The summed E-state index contributed by atoms with van der Waals surface area (Å²) in [6.45, 7) is 1.72. The minimum Gasteiger partial charge on any atom is -0.325 e. The van der Waals surface area contributed by atoms with Crippen LogP contribution in [0.15, 0.2) is 131 Å². The first-order chi connectivity index (χ1) is 21.4. The molecule has 0 bridgehead atoms. The molecule has 0 aromatic heterocycles. The van der Waals surface area contributed by atoms with E-state index in [1.807, 2.05) is 95.9 Å². The van der Waals surface area contributed by atoms with Crippen LogP contribution in [-0.4, -0.2) is 28.2 Å². The second kappa shape index (κ2) is 12.8. The van der Waals surface area contributed by atoms with Gasteiger partial charge in [0.25, 0.3) is 5.69 Å². The first-order valence-electron chi connectivity index (χ1n) is 14.0. The zero-order valence-corrected chi connectivity index (χ0v) is 25.3. The summed E-state index contributed by atoms with van der Waals surface area (Å²) in [6.07, 6.45) is 8.16. The van der Waals surface area contributed by atoms with Gasteiger partial charge >= 0.3 is 6.03 Å². The second-order valence-corrected chi connectivity index (χ2v) is 12.7. The number of nitro benzene ring substituents is 1. The normalized spacial score (nSPS) is 17.2. The molecule has 3 unspecified atom stereocenters. The fourth-order valence-corrected chi connectivity index (χ4v) is 7.53. The van der Waals surface area contributed by atoms with E-state index in [2.05, 4.69) is 22.8 Å². The number of amides is 3.